The second kappa shape index (κ2) is 7.51. The minimum Gasteiger partial charge on any atom is -0.508 e. The van der Waals surface area contributed by atoms with Crippen LogP contribution in [0.5, 0.6) is 5.75 Å². The first-order valence-electron chi connectivity index (χ1n) is 9.96. The van der Waals surface area contributed by atoms with Gasteiger partial charge in [0.1, 0.15) is 11.4 Å². The molecule has 0 radical (unpaired) electrons. The number of hydrogen-bond acceptors (Lipinski definition) is 4. The van der Waals surface area contributed by atoms with Crippen molar-refractivity contribution in [3.05, 3.63) is 63.7 Å². The first kappa shape index (κ1) is 19.4. The Morgan fingerprint density at radius 2 is 1.89 bits per heavy atom. The standard InChI is InChI=1S/C23H28ClN3O/c1-15-4-5-16(2)18(12-15)20-14-21(19-13-17(24)6-7-22(19)28)26-23(25-20)8-10-27(3)11-9-23/h4-7,12-13,21,26,28H,8-11,14H2,1-3H3/t21-/m0/s1. The summed E-state index contributed by atoms with van der Waals surface area (Å²) in [7, 11) is 2.16. The Morgan fingerprint density at radius 3 is 2.64 bits per heavy atom. The second-order valence-corrected chi connectivity index (χ2v) is 8.75. The molecule has 1 spiro atoms. The summed E-state index contributed by atoms with van der Waals surface area (Å²) in [6.45, 7) is 6.28. The van der Waals surface area contributed by atoms with Gasteiger partial charge >= 0.3 is 0 Å². The first-order valence-corrected chi connectivity index (χ1v) is 10.3. The number of likely N-dealkylation sites (tertiary alicyclic amines) is 1. The molecule has 5 heteroatoms. The van der Waals surface area contributed by atoms with Crippen LogP contribution in [0.4, 0.5) is 0 Å². The number of nitrogens with one attached hydrogen (secondary N) is 1. The highest BCUT2D eigenvalue weighted by atomic mass is 35.5. The summed E-state index contributed by atoms with van der Waals surface area (Å²) >= 11 is 6.26. The van der Waals surface area contributed by atoms with Crippen molar-refractivity contribution in [3.63, 3.8) is 0 Å². The van der Waals surface area contributed by atoms with Gasteiger partial charge in [-0.25, -0.2) is 0 Å². The number of aromatic hydroxyl groups is 1. The predicted octanol–water partition coefficient (Wildman–Crippen LogP) is 4.61. The van der Waals surface area contributed by atoms with E-state index < -0.39 is 0 Å². The topological polar surface area (TPSA) is 47.9 Å². The van der Waals surface area contributed by atoms with Crippen molar-refractivity contribution in [1.82, 2.24) is 10.2 Å². The lowest BCUT2D eigenvalue weighted by Crippen LogP contribution is -2.55. The lowest BCUT2D eigenvalue weighted by Gasteiger charge is -2.44. The molecule has 2 aliphatic heterocycles. The molecule has 2 aromatic rings. The SMILES string of the molecule is Cc1ccc(C)c(C2=NC3(CCN(C)CC3)N[C@H](c3cc(Cl)ccc3O)C2)c1. The fourth-order valence-corrected chi connectivity index (χ4v) is 4.54. The third-order valence-corrected chi connectivity index (χ3v) is 6.31. The van der Waals surface area contributed by atoms with E-state index in [4.69, 9.17) is 16.6 Å². The minimum absolute atomic E-state index is 0.0190. The Bertz CT molecular complexity index is 916. The Kier molecular flexibility index (Phi) is 5.21. The third kappa shape index (κ3) is 3.82. The Morgan fingerprint density at radius 1 is 1.14 bits per heavy atom. The molecule has 2 heterocycles. The molecule has 2 aromatic carbocycles. The maximum absolute atomic E-state index is 10.5. The van der Waals surface area contributed by atoms with Crippen molar-refractivity contribution in [2.75, 3.05) is 20.1 Å². The predicted molar refractivity (Wildman–Crippen MR) is 116 cm³/mol. The largest absolute Gasteiger partial charge is 0.508 e. The van der Waals surface area contributed by atoms with Crippen LogP contribution < -0.4 is 5.32 Å². The number of aliphatic imine (C=N–C) groups is 1. The zero-order chi connectivity index (χ0) is 19.9. The van der Waals surface area contributed by atoms with Crippen molar-refractivity contribution in [3.8, 4) is 5.75 Å². The monoisotopic (exact) mass is 397 g/mol. The van der Waals surface area contributed by atoms with Crippen LogP contribution in [0.15, 0.2) is 41.4 Å². The average molecular weight is 398 g/mol. The zero-order valence-corrected chi connectivity index (χ0v) is 17.6. The number of rotatable bonds is 2. The molecule has 0 aromatic heterocycles. The summed E-state index contributed by atoms with van der Waals surface area (Å²) in [6.07, 6.45) is 2.64. The highest BCUT2D eigenvalue weighted by Crippen LogP contribution is 2.38. The first-order chi connectivity index (χ1) is 13.3. The molecule has 1 saturated heterocycles. The summed E-state index contributed by atoms with van der Waals surface area (Å²) in [6, 6.07) is 11.8. The average Bonchev–Trinajstić information content (AvgIpc) is 2.68. The molecule has 28 heavy (non-hydrogen) atoms. The van der Waals surface area contributed by atoms with E-state index in [9.17, 15) is 5.11 Å². The molecule has 1 atom stereocenters. The van der Waals surface area contributed by atoms with Crippen LogP contribution >= 0.6 is 11.6 Å². The van der Waals surface area contributed by atoms with Crippen molar-refractivity contribution < 1.29 is 5.11 Å². The number of benzene rings is 2. The van der Waals surface area contributed by atoms with Gasteiger partial charge < -0.3 is 10.0 Å². The number of phenols is 1. The van der Waals surface area contributed by atoms with Gasteiger partial charge in [0.15, 0.2) is 0 Å². The van der Waals surface area contributed by atoms with Crippen molar-refractivity contribution in [2.45, 2.75) is 44.8 Å². The molecule has 4 nitrogen and oxygen atoms in total. The number of phenolic OH excluding ortho intramolecular Hbond substituents is 1. The van der Waals surface area contributed by atoms with Crippen LogP contribution in [-0.4, -0.2) is 41.5 Å². The van der Waals surface area contributed by atoms with E-state index in [1.54, 1.807) is 12.1 Å². The molecular formula is C23H28ClN3O. The van der Waals surface area contributed by atoms with E-state index in [0.717, 1.165) is 43.6 Å². The van der Waals surface area contributed by atoms with Crippen LogP contribution in [0.1, 0.15) is 47.6 Å². The van der Waals surface area contributed by atoms with Crippen molar-refractivity contribution >= 4 is 17.3 Å². The fraction of sp³-hybridized carbons (Fsp3) is 0.435. The van der Waals surface area contributed by atoms with Gasteiger partial charge in [-0.05, 0) is 69.1 Å². The van der Waals surface area contributed by atoms with Gasteiger partial charge in [0.05, 0.1) is 0 Å². The van der Waals surface area contributed by atoms with Crippen LogP contribution in [-0.2, 0) is 0 Å². The van der Waals surface area contributed by atoms with Crippen molar-refractivity contribution in [1.29, 1.82) is 0 Å². The van der Waals surface area contributed by atoms with E-state index >= 15 is 0 Å². The maximum atomic E-state index is 10.5. The zero-order valence-electron chi connectivity index (χ0n) is 16.8. The van der Waals surface area contributed by atoms with Gasteiger partial charge in [0.25, 0.3) is 0 Å². The molecular weight excluding hydrogens is 370 g/mol. The molecule has 0 saturated carbocycles. The number of nitrogens with zero attached hydrogens (tertiary/aromatic N) is 2. The number of hydrogen-bond donors (Lipinski definition) is 2. The second-order valence-electron chi connectivity index (χ2n) is 8.32. The van der Waals surface area contributed by atoms with E-state index in [2.05, 4.69) is 49.3 Å². The molecule has 148 valence electrons. The lowest BCUT2D eigenvalue weighted by atomic mass is 9.86. The van der Waals surface area contributed by atoms with E-state index in [1.807, 2.05) is 6.07 Å². The van der Waals surface area contributed by atoms with E-state index in [-0.39, 0.29) is 17.5 Å². The highest BCUT2D eigenvalue weighted by molar-refractivity contribution is 6.30. The molecule has 1 fully saturated rings. The Hall–Kier alpha value is -1.88. The summed E-state index contributed by atoms with van der Waals surface area (Å²) in [5, 5.41) is 14.9. The normalized spacial score (nSPS) is 22.3. The van der Waals surface area contributed by atoms with Gasteiger partial charge in [-0.2, -0.15) is 0 Å². The quantitative estimate of drug-likeness (QED) is 0.778. The van der Waals surface area contributed by atoms with Crippen molar-refractivity contribution in [2.24, 2.45) is 4.99 Å². The fourth-order valence-electron chi connectivity index (χ4n) is 4.36. The molecule has 2 aliphatic rings. The van der Waals surface area contributed by atoms with Gasteiger partial charge in [0.2, 0.25) is 0 Å². The Balaban J connectivity index is 1.79. The number of halogens is 1. The molecule has 0 amide bonds. The lowest BCUT2D eigenvalue weighted by molar-refractivity contribution is 0.144. The van der Waals surface area contributed by atoms with Gasteiger partial charge in [-0.3, -0.25) is 10.3 Å². The molecule has 0 unspecified atom stereocenters. The summed E-state index contributed by atoms with van der Waals surface area (Å²) < 4.78 is 0. The van der Waals surface area contributed by atoms with Crippen LogP contribution in [0.25, 0.3) is 0 Å². The summed E-state index contributed by atoms with van der Waals surface area (Å²) in [4.78, 5) is 7.62. The summed E-state index contributed by atoms with van der Waals surface area (Å²) in [5.74, 6) is 0.284. The third-order valence-electron chi connectivity index (χ3n) is 6.07. The Labute approximate surface area is 172 Å². The highest BCUT2D eigenvalue weighted by Gasteiger charge is 2.40. The van der Waals surface area contributed by atoms with Crippen LogP contribution in [0, 0.1) is 13.8 Å². The van der Waals surface area contributed by atoms with Gasteiger partial charge in [-0.1, -0.05) is 29.3 Å². The number of aryl methyl sites for hydroxylation is 2. The van der Waals surface area contributed by atoms with Crippen LogP contribution in [0.3, 0.4) is 0 Å². The molecule has 0 bridgehead atoms. The van der Waals surface area contributed by atoms with E-state index in [0.29, 0.717) is 5.02 Å². The molecule has 4 rings (SSSR count). The van der Waals surface area contributed by atoms with Gasteiger partial charge in [-0.15, -0.1) is 0 Å². The minimum atomic E-state index is -0.296. The maximum Gasteiger partial charge on any atom is 0.120 e. The van der Waals surface area contributed by atoms with Crippen LogP contribution in [0.2, 0.25) is 5.02 Å². The molecule has 0 aliphatic carbocycles. The number of piperidine rings is 1. The van der Waals surface area contributed by atoms with E-state index in [1.165, 1.54) is 16.7 Å². The summed E-state index contributed by atoms with van der Waals surface area (Å²) in [5.41, 5.74) is 5.36. The molecule has 2 N–H and O–H groups in total. The van der Waals surface area contributed by atoms with Gasteiger partial charge in [0, 0.05) is 41.8 Å². The smallest absolute Gasteiger partial charge is 0.120 e.